The summed E-state index contributed by atoms with van der Waals surface area (Å²) in [6.07, 6.45) is 8.71. The van der Waals surface area contributed by atoms with E-state index in [2.05, 4.69) is 25.7 Å². The van der Waals surface area contributed by atoms with Crippen molar-refractivity contribution in [2.24, 2.45) is 5.92 Å². The monoisotopic (exact) mass is 634 g/mol. The molecule has 6 rings (SSSR count). The number of aromatic nitrogens is 6. The summed E-state index contributed by atoms with van der Waals surface area (Å²) in [5.74, 6) is -1.74. The van der Waals surface area contributed by atoms with Crippen LogP contribution in [0, 0.1) is 5.92 Å². The number of nitrogens with zero attached hydrogens (tertiary/aromatic N) is 7. The number of rotatable bonds is 5. The maximum atomic E-state index is 13.8. The zero-order chi connectivity index (χ0) is 31.0. The van der Waals surface area contributed by atoms with Gasteiger partial charge in [-0.25, -0.2) is 4.68 Å². The fourth-order valence-electron chi connectivity index (χ4n) is 5.78. The van der Waals surface area contributed by atoms with Gasteiger partial charge >= 0.3 is 5.97 Å². The van der Waals surface area contributed by atoms with Crippen LogP contribution in [0.15, 0.2) is 55.0 Å². The van der Waals surface area contributed by atoms with Crippen molar-refractivity contribution >= 4 is 52.2 Å². The highest BCUT2D eigenvalue weighted by atomic mass is 35.5. The topological polar surface area (TPSA) is 148 Å². The first-order valence-electron chi connectivity index (χ1n) is 14.1. The third-order valence-corrected chi connectivity index (χ3v) is 8.34. The molecule has 14 heteroatoms. The summed E-state index contributed by atoms with van der Waals surface area (Å²) in [5, 5.41) is 25.4. The Bertz CT molecular complexity index is 1800. The normalized spacial score (nSPS) is 19.0. The molecule has 2 unspecified atom stereocenters. The summed E-state index contributed by atoms with van der Waals surface area (Å²) in [6.45, 7) is 1.89. The molecule has 2 N–H and O–H groups in total. The van der Waals surface area contributed by atoms with Crippen LogP contribution in [0.1, 0.15) is 49.9 Å². The Morgan fingerprint density at radius 1 is 1.16 bits per heavy atom. The van der Waals surface area contributed by atoms with E-state index in [9.17, 15) is 19.5 Å². The third kappa shape index (κ3) is 5.95. The molecule has 2 aliphatic heterocycles. The number of halogens is 2. The number of carboxylic acids is 1. The van der Waals surface area contributed by atoms with Crippen molar-refractivity contribution in [2.75, 3.05) is 11.9 Å². The molecule has 3 aromatic heterocycles. The molecule has 0 saturated carbocycles. The first kappa shape index (κ1) is 29.5. The molecule has 0 radical (unpaired) electrons. The predicted octanol–water partition coefficient (Wildman–Crippen LogP) is 5.03. The van der Waals surface area contributed by atoms with E-state index in [0.29, 0.717) is 65.6 Å². The molecule has 5 heterocycles. The van der Waals surface area contributed by atoms with Gasteiger partial charge in [-0.3, -0.25) is 24.0 Å². The van der Waals surface area contributed by atoms with Crippen LogP contribution >= 0.6 is 23.2 Å². The number of carboxylic acid groups (broad SMARTS) is 1. The predicted molar refractivity (Wildman–Crippen MR) is 163 cm³/mol. The summed E-state index contributed by atoms with van der Waals surface area (Å²) in [7, 11) is 0. The molecule has 2 atom stereocenters. The third-order valence-electron chi connectivity index (χ3n) is 7.94. The van der Waals surface area contributed by atoms with Crippen LogP contribution in [0.25, 0.3) is 22.5 Å². The number of pyridine rings is 1. The van der Waals surface area contributed by atoms with E-state index in [4.69, 9.17) is 23.2 Å². The van der Waals surface area contributed by atoms with E-state index in [-0.39, 0.29) is 35.5 Å². The van der Waals surface area contributed by atoms with E-state index in [1.54, 1.807) is 46.3 Å². The summed E-state index contributed by atoms with van der Waals surface area (Å²) >= 11 is 12.4. The number of amides is 2. The average molecular weight is 636 g/mol. The van der Waals surface area contributed by atoms with E-state index < -0.39 is 5.97 Å². The average Bonchev–Trinajstić information content (AvgIpc) is 3.60. The summed E-state index contributed by atoms with van der Waals surface area (Å²) in [6, 6.07) is 8.56. The highest BCUT2D eigenvalue weighted by Crippen LogP contribution is 2.37. The number of hydrogen-bond donors (Lipinski definition) is 2. The van der Waals surface area contributed by atoms with Gasteiger partial charge in [0.05, 0.1) is 41.2 Å². The van der Waals surface area contributed by atoms with Gasteiger partial charge in [-0.15, -0.1) is 5.10 Å². The molecule has 0 aliphatic carbocycles. The molecule has 2 aliphatic rings. The quantitative estimate of drug-likeness (QED) is 0.310. The lowest BCUT2D eigenvalue weighted by atomic mass is 9.93. The van der Waals surface area contributed by atoms with Gasteiger partial charge in [0.25, 0.3) is 0 Å². The van der Waals surface area contributed by atoms with Crippen molar-refractivity contribution in [1.82, 2.24) is 34.7 Å². The van der Waals surface area contributed by atoms with E-state index in [1.165, 1.54) is 10.9 Å². The Kier molecular flexibility index (Phi) is 8.19. The molecule has 0 spiro atoms. The molecule has 2 amide bonds. The van der Waals surface area contributed by atoms with Crippen LogP contribution in [0.5, 0.6) is 0 Å². The number of aliphatic carboxylic acids is 1. The minimum Gasteiger partial charge on any atom is -0.480 e. The molecule has 226 valence electrons. The second-order valence-electron chi connectivity index (χ2n) is 10.9. The maximum Gasteiger partial charge on any atom is 0.325 e. The first-order valence-corrected chi connectivity index (χ1v) is 14.9. The standard InChI is InChI=1S/C30H28Cl2N8O4/c1-17-3-2-4-25(22-11-19(7-9-33-22)29-23(35-30(17)44)14-34-40(29)16-28(42)43)38-10-8-18(12-27(38)41)21-13-20(31)5-6-24(21)39-15-26(32)36-37-39/h5-7,9,11-15,17,25H,2-4,8,10,16H2,1H3,(H,35,44)(H,42,43). The Hall–Kier alpha value is -4.55. The van der Waals surface area contributed by atoms with Crippen molar-refractivity contribution in [2.45, 2.75) is 45.2 Å². The SMILES string of the molecule is CC1CCCC(N2CCC(c3cc(Cl)ccc3-n3cc(Cl)nn3)=CC2=O)c2cc(ccn2)-c2c(cnn2CC(=O)O)NC1=O. The fraction of sp³-hybridized carbons (Fsp3) is 0.300. The second-order valence-corrected chi connectivity index (χ2v) is 11.7. The smallest absolute Gasteiger partial charge is 0.325 e. The lowest BCUT2D eigenvalue weighted by Gasteiger charge is -2.34. The van der Waals surface area contributed by atoms with Gasteiger partial charge in [0.15, 0.2) is 5.15 Å². The molecule has 44 heavy (non-hydrogen) atoms. The summed E-state index contributed by atoms with van der Waals surface area (Å²) < 4.78 is 2.89. The second kappa shape index (κ2) is 12.2. The van der Waals surface area contributed by atoms with Gasteiger partial charge < -0.3 is 15.3 Å². The van der Waals surface area contributed by atoms with Gasteiger partial charge in [-0.05, 0) is 55.2 Å². The van der Waals surface area contributed by atoms with Crippen LogP contribution in [0.3, 0.4) is 0 Å². The van der Waals surface area contributed by atoms with E-state index >= 15 is 0 Å². The van der Waals surface area contributed by atoms with Crippen LogP contribution in [0.2, 0.25) is 10.2 Å². The fourth-order valence-corrected chi connectivity index (χ4v) is 6.08. The Morgan fingerprint density at radius 2 is 2.00 bits per heavy atom. The number of hydrogen-bond acceptors (Lipinski definition) is 7. The molecule has 12 nitrogen and oxygen atoms in total. The van der Waals surface area contributed by atoms with Crippen LogP contribution in [0.4, 0.5) is 5.69 Å². The van der Waals surface area contributed by atoms with Crippen molar-refractivity contribution < 1.29 is 19.5 Å². The number of nitrogens with one attached hydrogen (secondary N) is 1. The Balaban J connectivity index is 1.37. The molecule has 1 aromatic carbocycles. The van der Waals surface area contributed by atoms with Gasteiger partial charge in [-0.1, -0.05) is 41.8 Å². The van der Waals surface area contributed by atoms with Crippen molar-refractivity contribution in [1.29, 1.82) is 0 Å². The molecular weight excluding hydrogens is 607 g/mol. The van der Waals surface area contributed by atoms with Gasteiger partial charge in [0.1, 0.15) is 6.54 Å². The van der Waals surface area contributed by atoms with Gasteiger partial charge in [0.2, 0.25) is 11.8 Å². The first-order chi connectivity index (χ1) is 21.2. The number of carbonyl (C=O) groups excluding carboxylic acids is 2. The lowest BCUT2D eigenvalue weighted by molar-refractivity contribution is -0.138. The lowest BCUT2D eigenvalue weighted by Crippen LogP contribution is -2.38. The number of fused-ring (bicyclic) bond motifs is 4. The summed E-state index contributed by atoms with van der Waals surface area (Å²) in [4.78, 5) is 44.9. The van der Waals surface area contributed by atoms with Gasteiger partial charge in [0, 0.05) is 40.9 Å². The number of benzene rings is 1. The number of carbonyl (C=O) groups is 3. The molecule has 2 bridgehead atoms. The molecule has 0 saturated heterocycles. The zero-order valence-corrected chi connectivity index (χ0v) is 25.2. The minimum absolute atomic E-state index is 0.180. The van der Waals surface area contributed by atoms with Crippen LogP contribution in [-0.4, -0.2) is 64.1 Å². The van der Waals surface area contributed by atoms with Crippen LogP contribution < -0.4 is 5.32 Å². The molecule has 4 aromatic rings. The zero-order valence-electron chi connectivity index (χ0n) is 23.7. The summed E-state index contributed by atoms with van der Waals surface area (Å²) in [5.41, 5.74) is 4.44. The number of anilines is 1. The Labute approximate surface area is 262 Å². The largest absolute Gasteiger partial charge is 0.480 e. The Morgan fingerprint density at radius 3 is 2.75 bits per heavy atom. The minimum atomic E-state index is -1.06. The van der Waals surface area contributed by atoms with E-state index in [0.717, 1.165) is 11.1 Å². The van der Waals surface area contributed by atoms with Crippen molar-refractivity contribution in [3.8, 4) is 16.9 Å². The highest BCUT2D eigenvalue weighted by molar-refractivity contribution is 6.31. The molecular formula is C30H28Cl2N8O4. The van der Waals surface area contributed by atoms with E-state index in [1.807, 2.05) is 19.1 Å². The maximum absolute atomic E-state index is 13.8. The van der Waals surface area contributed by atoms with Crippen LogP contribution in [-0.2, 0) is 20.9 Å². The van der Waals surface area contributed by atoms with Crippen molar-refractivity contribution in [3.05, 3.63) is 76.4 Å². The van der Waals surface area contributed by atoms with Gasteiger partial charge in [-0.2, -0.15) is 5.10 Å². The van der Waals surface area contributed by atoms with Crippen molar-refractivity contribution in [3.63, 3.8) is 0 Å². The molecule has 0 fully saturated rings. The highest BCUT2D eigenvalue weighted by Gasteiger charge is 2.31.